The second-order valence-electron chi connectivity index (χ2n) is 6.18. The molecule has 0 aliphatic carbocycles. The number of urea groups is 1. The molecule has 0 radical (unpaired) electrons. The lowest BCUT2D eigenvalue weighted by Crippen LogP contribution is -2.51. The van der Waals surface area contributed by atoms with Gasteiger partial charge in [0.1, 0.15) is 5.75 Å². The third kappa shape index (κ3) is 4.08. The lowest BCUT2D eigenvalue weighted by Gasteiger charge is -2.35. The Hall–Kier alpha value is -2.61. The molecule has 1 aromatic carbocycles. The van der Waals surface area contributed by atoms with E-state index in [4.69, 9.17) is 9.26 Å². The molecule has 0 bridgehead atoms. The van der Waals surface area contributed by atoms with Crippen molar-refractivity contribution in [3.8, 4) is 17.1 Å². The van der Waals surface area contributed by atoms with E-state index >= 15 is 0 Å². The second kappa shape index (κ2) is 7.52. The first kappa shape index (κ1) is 17.2. The summed E-state index contributed by atoms with van der Waals surface area (Å²) in [7, 11) is 5.17. The standard InChI is InChI=1S/C17H23N5O3/c1-20(2)17(23)22-9-7-21(8-10-22)12-15-18-16(19-25-15)13-5-4-6-14(11-13)24-3/h4-6,11H,7-10,12H2,1-3H3. The number of nitrogens with zero attached hydrogens (tertiary/aromatic N) is 5. The number of piperazine rings is 1. The van der Waals surface area contributed by atoms with Crippen LogP contribution < -0.4 is 4.74 Å². The highest BCUT2D eigenvalue weighted by atomic mass is 16.5. The maximum atomic E-state index is 12.0. The van der Waals surface area contributed by atoms with Gasteiger partial charge in [-0.1, -0.05) is 17.3 Å². The van der Waals surface area contributed by atoms with Crippen molar-refractivity contribution >= 4 is 6.03 Å². The molecule has 1 aliphatic heterocycles. The molecule has 1 saturated heterocycles. The minimum absolute atomic E-state index is 0.0535. The van der Waals surface area contributed by atoms with Gasteiger partial charge >= 0.3 is 6.03 Å². The fourth-order valence-corrected chi connectivity index (χ4v) is 2.77. The molecule has 2 aromatic rings. The summed E-state index contributed by atoms with van der Waals surface area (Å²) in [5.41, 5.74) is 0.857. The average Bonchev–Trinajstić information content (AvgIpc) is 3.10. The van der Waals surface area contributed by atoms with E-state index in [0.29, 0.717) is 31.3 Å². The maximum Gasteiger partial charge on any atom is 0.319 e. The minimum Gasteiger partial charge on any atom is -0.497 e. The molecule has 0 saturated carbocycles. The lowest BCUT2D eigenvalue weighted by atomic mass is 10.2. The first-order chi connectivity index (χ1) is 12.1. The molecule has 25 heavy (non-hydrogen) atoms. The average molecular weight is 345 g/mol. The Morgan fingerprint density at radius 3 is 2.72 bits per heavy atom. The number of hydrogen-bond donors (Lipinski definition) is 0. The largest absolute Gasteiger partial charge is 0.497 e. The summed E-state index contributed by atoms with van der Waals surface area (Å²) < 4.78 is 10.6. The highest BCUT2D eigenvalue weighted by Crippen LogP contribution is 2.21. The van der Waals surface area contributed by atoms with Crippen LogP contribution in [-0.4, -0.2) is 78.3 Å². The highest BCUT2D eigenvalue weighted by Gasteiger charge is 2.23. The van der Waals surface area contributed by atoms with E-state index in [1.807, 2.05) is 29.2 Å². The molecular weight excluding hydrogens is 322 g/mol. The molecule has 1 fully saturated rings. The molecule has 0 unspecified atom stereocenters. The van der Waals surface area contributed by atoms with Gasteiger partial charge in [0, 0.05) is 45.8 Å². The number of ether oxygens (including phenoxy) is 1. The monoisotopic (exact) mass is 345 g/mol. The van der Waals surface area contributed by atoms with E-state index in [1.54, 1.807) is 26.1 Å². The van der Waals surface area contributed by atoms with Crippen molar-refractivity contribution in [1.29, 1.82) is 0 Å². The van der Waals surface area contributed by atoms with Crippen LogP contribution >= 0.6 is 0 Å². The van der Waals surface area contributed by atoms with E-state index in [1.165, 1.54) is 0 Å². The van der Waals surface area contributed by atoms with Crippen LogP contribution in [0.2, 0.25) is 0 Å². The van der Waals surface area contributed by atoms with Crippen molar-refractivity contribution in [2.24, 2.45) is 0 Å². The second-order valence-corrected chi connectivity index (χ2v) is 6.18. The summed E-state index contributed by atoms with van der Waals surface area (Å²) >= 11 is 0. The predicted octanol–water partition coefficient (Wildman–Crippen LogP) is 1.54. The van der Waals surface area contributed by atoms with Crippen LogP contribution in [0.1, 0.15) is 5.89 Å². The first-order valence-corrected chi connectivity index (χ1v) is 8.22. The van der Waals surface area contributed by atoms with E-state index < -0.39 is 0 Å². The Morgan fingerprint density at radius 2 is 2.04 bits per heavy atom. The highest BCUT2D eigenvalue weighted by molar-refractivity contribution is 5.73. The van der Waals surface area contributed by atoms with Crippen molar-refractivity contribution in [2.75, 3.05) is 47.4 Å². The van der Waals surface area contributed by atoms with Gasteiger partial charge in [0.05, 0.1) is 13.7 Å². The molecule has 0 atom stereocenters. The van der Waals surface area contributed by atoms with Gasteiger partial charge in [-0.05, 0) is 12.1 Å². The molecule has 3 rings (SSSR count). The molecular formula is C17H23N5O3. The Kier molecular flexibility index (Phi) is 5.18. The van der Waals surface area contributed by atoms with Gasteiger partial charge in [-0.2, -0.15) is 4.98 Å². The SMILES string of the molecule is COc1cccc(-c2noc(CN3CCN(C(=O)N(C)C)CC3)n2)c1. The van der Waals surface area contributed by atoms with Gasteiger partial charge in [0.15, 0.2) is 0 Å². The van der Waals surface area contributed by atoms with Crippen molar-refractivity contribution < 1.29 is 14.1 Å². The normalized spacial score (nSPS) is 15.2. The molecule has 8 nitrogen and oxygen atoms in total. The van der Waals surface area contributed by atoms with Crippen molar-refractivity contribution in [3.63, 3.8) is 0 Å². The van der Waals surface area contributed by atoms with E-state index in [2.05, 4.69) is 15.0 Å². The Balaban J connectivity index is 1.58. The molecule has 0 spiro atoms. The summed E-state index contributed by atoms with van der Waals surface area (Å²) in [6.45, 7) is 3.57. The van der Waals surface area contributed by atoms with Gasteiger partial charge < -0.3 is 19.1 Å². The van der Waals surface area contributed by atoms with Crippen molar-refractivity contribution in [2.45, 2.75) is 6.54 Å². The van der Waals surface area contributed by atoms with Gasteiger partial charge in [-0.15, -0.1) is 0 Å². The zero-order valence-electron chi connectivity index (χ0n) is 14.8. The molecule has 1 aromatic heterocycles. The summed E-state index contributed by atoms with van der Waals surface area (Å²) in [6.07, 6.45) is 0. The van der Waals surface area contributed by atoms with Crippen LogP contribution in [0.5, 0.6) is 5.75 Å². The molecule has 1 aliphatic rings. The topological polar surface area (TPSA) is 74.9 Å². The minimum atomic E-state index is 0.0535. The van der Waals surface area contributed by atoms with Gasteiger partial charge in [-0.3, -0.25) is 4.90 Å². The van der Waals surface area contributed by atoms with Crippen LogP contribution in [0.15, 0.2) is 28.8 Å². The number of amides is 2. The summed E-state index contributed by atoms with van der Waals surface area (Å²) in [5.74, 6) is 1.88. The third-order valence-corrected chi connectivity index (χ3v) is 4.18. The molecule has 2 heterocycles. The lowest BCUT2D eigenvalue weighted by molar-refractivity contribution is 0.113. The smallest absolute Gasteiger partial charge is 0.319 e. The van der Waals surface area contributed by atoms with E-state index in [9.17, 15) is 4.79 Å². The molecule has 0 N–H and O–H groups in total. The zero-order valence-corrected chi connectivity index (χ0v) is 14.8. The van der Waals surface area contributed by atoms with Crippen LogP contribution in [0.4, 0.5) is 4.79 Å². The van der Waals surface area contributed by atoms with Gasteiger partial charge in [0.25, 0.3) is 0 Å². The van der Waals surface area contributed by atoms with Crippen LogP contribution in [-0.2, 0) is 6.54 Å². The zero-order chi connectivity index (χ0) is 17.8. The van der Waals surface area contributed by atoms with Crippen molar-refractivity contribution in [3.05, 3.63) is 30.2 Å². The van der Waals surface area contributed by atoms with Crippen LogP contribution in [0.25, 0.3) is 11.4 Å². The van der Waals surface area contributed by atoms with Crippen LogP contribution in [0.3, 0.4) is 0 Å². The van der Waals surface area contributed by atoms with Gasteiger partial charge in [-0.25, -0.2) is 4.79 Å². The maximum absolute atomic E-state index is 12.0. The summed E-state index contributed by atoms with van der Waals surface area (Å²) in [5, 5.41) is 4.05. The van der Waals surface area contributed by atoms with Gasteiger partial charge in [0.2, 0.25) is 11.7 Å². The number of rotatable bonds is 4. The number of carbonyl (C=O) groups is 1. The predicted molar refractivity (Wildman–Crippen MR) is 92.2 cm³/mol. The molecule has 134 valence electrons. The molecule has 8 heteroatoms. The Labute approximate surface area is 147 Å². The molecule has 2 amide bonds. The summed E-state index contributed by atoms with van der Waals surface area (Å²) in [4.78, 5) is 22.1. The number of methoxy groups -OCH3 is 1. The van der Waals surface area contributed by atoms with Crippen LogP contribution in [0, 0.1) is 0 Å². The number of hydrogen-bond acceptors (Lipinski definition) is 6. The van der Waals surface area contributed by atoms with E-state index in [0.717, 1.165) is 24.4 Å². The van der Waals surface area contributed by atoms with E-state index in [-0.39, 0.29) is 6.03 Å². The third-order valence-electron chi connectivity index (χ3n) is 4.18. The summed E-state index contributed by atoms with van der Waals surface area (Å²) in [6, 6.07) is 7.62. The number of benzene rings is 1. The Bertz CT molecular complexity index is 723. The number of carbonyl (C=O) groups excluding carboxylic acids is 1. The number of aromatic nitrogens is 2. The fraction of sp³-hybridized carbons (Fsp3) is 0.471. The first-order valence-electron chi connectivity index (χ1n) is 8.22. The fourth-order valence-electron chi connectivity index (χ4n) is 2.77. The van der Waals surface area contributed by atoms with Crippen molar-refractivity contribution in [1.82, 2.24) is 24.8 Å². The quantitative estimate of drug-likeness (QED) is 0.837. The Morgan fingerprint density at radius 1 is 1.28 bits per heavy atom.